The number of halogens is 3. The molecule has 0 radical (unpaired) electrons. The first-order valence-electron chi connectivity index (χ1n) is 5.73. The predicted molar refractivity (Wildman–Crippen MR) is 58.2 cm³/mol. The normalized spacial score (nSPS) is 13.1. The largest absolute Gasteiger partial charge is 0.411 e. The number of alkyl halides is 3. The second-order valence-corrected chi connectivity index (χ2v) is 4.18. The Balaban J connectivity index is 3.71. The van der Waals surface area contributed by atoms with Gasteiger partial charge in [-0.2, -0.15) is 13.2 Å². The highest BCUT2D eigenvalue weighted by Gasteiger charge is 2.28. The molecule has 0 bridgehead atoms. The summed E-state index contributed by atoms with van der Waals surface area (Å²) in [6, 6.07) is 0. The molecule has 0 saturated heterocycles. The highest BCUT2D eigenvalue weighted by Crippen LogP contribution is 2.30. The number of rotatable bonds is 8. The van der Waals surface area contributed by atoms with Gasteiger partial charge < -0.3 is 10.5 Å². The number of ether oxygens (including phenoxy) is 1. The average molecular weight is 241 g/mol. The molecule has 0 amide bonds. The molecule has 16 heavy (non-hydrogen) atoms. The molecule has 0 rings (SSSR count). The first kappa shape index (κ1) is 15.7. The van der Waals surface area contributed by atoms with E-state index in [-0.39, 0.29) is 12.0 Å². The first-order valence-corrected chi connectivity index (χ1v) is 5.73. The summed E-state index contributed by atoms with van der Waals surface area (Å²) in [6.45, 7) is 3.71. The molecule has 0 aliphatic heterocycles. The molecule has 0 fully saturated rings. The minimum atomic E-state index is -4.22. The van der Waals surface area contributed by atoms with Crippen LogP contribution < -0.4 is 5.73 Å². The third kappa shape index (κ3) is 6.33. The Morgan fingerprint density at radius 1 is 1.12 bits per heavy atom. The number of nitrogens with two attached hydrogens (primary N) is 1. The van der Waals surface area contributed by atoms with Crippen LogP contribution in [0.4, 0.5) is 13.2 Å². The Morgan fingerprint density at radius 3 is 2.06 bits per heavy atom. The smallest absolute Gasteiger partial charge is 0.372 e. The second kappa shape index (κ2) is 7.12. The average Bonchev–Trinajstić information content (AvgIpc) is 2.23. The van der Waals surface area contributed by atoms with Crippen molar-refractivity contribution in [3.8, 4) is 0 Å². The Hall–Kier alpha value is -0.290. The van der Waals surface area contributed by atoms with Crippen LogP contribution in [0, 0.1) is 5.41 Å². The van der Waals surface area contributed by atoms with E-state index < -0.39 is 12.8 Å². The van der Waals surface area contributed by atoms with Crippen LogP contribution >= 0.6 is 0 Å². The standard InChI is InChI=1S/C11H22F3NO/c1-3-10(4-2,8-15)6-5-7-16-9-11(12,13)14/h3-9,15H2,1-2H3. The van der Waals surface area contributed by atoms with Gasteiger partial charge in [-0.3, -0.25) is 0 Å². The van der Waals surface area contributed by atoms with Gasteiger partial charge in [-0.05, 0) is 37.6 Å². The van der Waals surface area contributed by atoms with Crippen LogP contribution in [0.3, 0.4) is 0 Å². The summed E-state index contributed by atoms with van der Waals surface area (Å²) in [5.74, 6) is 0. The lowest BCUT2D eigenvalue weighted by Crippen LogP contribution is -2.29. The molecule has 0 aliphatic carbocycles. The zero-order chi connectivity index (χ0) is 12.7. The lowest BCUT2D eigenvalue weighted by molar-refractivity contribution is -0.174. The Morgan fingerprint density at radius 2 is 1.69 bits per heavy atom. The van der Waals surface area contributed by atoms with Gasteiger partial charge in [-0.1, -0.05) is 13.8 Å². The van der Waals surface area contributed by atoms with E-state index >= 15 is 0 Å². The van der Waals surface area contributed by atoms with Crippen LogP contribution in [-0.2, 0) is 4.74 Å². The summed E-state index contributed by atoms with van der Waals surface area (Å²) in [4.78, 5) is 0. The molecule has 0 spiro atoms. The van der Waals surface area contributed by atoms with Gasteiger partial charge in [0.05, 0.1) is 0 Å². The molecule has 2 N–H and O–H groups in total. The molecular weight excluding hydrogens is 219 g/mol. The van der Waals surface area contributed by atoms with Crippen molar-refractivity contribution in [1.82, 2.24) is 0 Å². The molecular formula is C11H22F3NO. The first-order chi connectivity index (χ1) is 7.39. The third-order valence-electron chi connectivity index (χ3n) is 3.19. The van der Waals surface area contributed by atoms with Crippen LogP contribution in [0.5, 0.6) is 0 Å². The zero-order valence-corrected chi connectivity index (χ0v) is 10.1. The maximum atomic E-state index is 11.8. The van der Waals surface area contributed by atoms with Gasteiger partial charge in [-0.25, -0.2) is 0 Å². The van der Waals surface area contributed by atoms with E-state index in [0.717, 1.165) is 19.3 Å². The minimum absolute atomic E-state index is 0.0710. The lowest BCUT2D eigenvalue weighted by atomic mass is 9.78. The van der Waals surface area contributed by atoms with Crippen LogP contribution in [0.2, 0.25) is 0 Å². The molecule has 0 aromatic carbocycles. The fourth-order valence-electron chi connectivity index (χ4n) is 1.73. The molecule has 98 valence electrons. The molecule has 0 aromatic heterocycles. The van der Waals surface area contributed by atoms with Gasteiger partial charge in [0, 0.05) is 6.61 Å². The topological polar surface area (TPSA) is 35.2 Å². The highest BCUT2D eigenvalue weighted by molar-refractivity contribution is 4.77. The molecule has 0 aromatic rings. The van der Waals surface area contributed by atoms with E-state index in [4.69, 9.17) is 5.73 Å². The quantitative estimate of drug-likeness (QED) is 0.663. The summed E-state index contributed by atoms with van der Waals surface area (Å²) in [7, 11) is 0. The summed E-state index contributed by atoms with van der Waals surface area (Å²) in [5, 5.41) is 0. The molecule has 0 aliphatic rings. The van der Waals surface area contributed by atoms with Gasteiger partial charge in [-0.15, -0.1) is 0 Å². The van der Waals surface area contributed by atoms with Crippen molar-refractivity contribution >= 4 is 0 Å². The maximum Gasteiger partial charge on any atom is 0.411 e. The summed E-state index contributed by atoms with van der Waals surface area (Å²) < 4.78 is 39.9. The van der Waals surface area contributed by atoms with E-state index in [1.54, 1.807) is 0 Å². The molecule has 0 unspecified atom stereocenters. The molecule has 0 atom stereocenters. The predicted octanol–water partition coefficient (Wildman–Crippen LogP) is 3.11. The van der Waals surface area contributed by atoms with Gasteiger partial charge in [0.25, 0.3) is 0 Å². The van der Waals surface area contributed by atoms with E-state index in [1.165, 1.54) is 0 Å². The maximum absolute atomic E-state index is 11.8. The van der Waals surface area contributed by atoms with Gasteiger partial charge >= 0.3 is 6.18 Å². The summed E-state index contributed by atoms with van der Waals surface area (Å²) in [6.07, 6.45) is -0.845. The fourth-order valence-corrected chi connectivity index (χ4v) is 1.73. The SMILES string of the molecule is CCC(CC)(CN)CCCOCC(F)(F)F. The van der Waals surface area contributed by atoms with Gasteiger partial charge in [0.1, 0.15) is 6.61 Å². The third-order valence-corrected chi connectivity index (χ3v) is 3.19. The van der Waals surface area contributed by atoms with Crippen molar-refractivity contribution < 1.29 is 17.9 Å². The number of hydrogen-bond donors (Lipinski definition) is 1. The van der Waals surface area contributed by atoms with Crippen molar-refractivity contribution in [2.45, 2.75) is 45.7 Å². The molecule has 0 heterocycles. The summed E-state index contributed by atoms with van der Waals surface area (Å²) >= 11 is 0. The second-order valence-electron chi connectivity index (χ2n) is 4.18. The number of hydrogen-bond acceptors (Lipinski definition) is 2. The Bertz CT molecular complexity index is 170. The Labute approximate surface area is 95.3 Å². The zero-order valence-electron chi connectivity index (χ0n) is 10.1. The van der Waals surface area contributed by atoms with Crippen LogP contribution in [-0.4, -0.2) is 25.9 Å². The van der Waals surface area contributed by atoms with Gasteiger partial charge in [0.2, 0.25) is 0 Å². The minimum Gasteiger partial charge on any atom is -0.372 e. The highest BCUT2D eigenvalue weighted by atomic mass is 19.4. The van der Waals surface area contributed by atoms with Crippen molar-refractivity contribution in [1.29, 1.82) is 0 Å². The fraction of sp³-hybridized carbons (Fsp3) is 1.00. The van der Waals surface area contributed by atoms with Crippen LogP contribution in [0.15, 0.2) is 0 Å². The summed E-state index contributed by atoms with van der Waals surface area (Å²) in [5.41, 5.74) is 5.76. The lowest BCUT2D eigenvalue weighted by Gasteiger charge is -2.30. The van der Waals surface area contributed by atoms with Crippen molar-refractivity contribution in [2.75, 3.05) is 19.8 Å². The van der Waals surface area contributed by atoms with Gasteiger partial charge in [0.15, 0.2) is 0 Å². The van der Waals surface area contributed by atoms with Crippen LogP contribution in [0.25, 0.3) is 0 Å². The molecule has 2 nitrogen and oxygen atoms in total. The van der Waals surface area contributed by atoms with Crippen LogP contribution in [0.1, 0.15) is 39.5 Å². The molecule has 0 saturated carbocycles. The monoisotopic (exact) mass is 241 g/mol. The molecule has 5 heteroatoms. The van der Waals surface area contributed by atoms with Crippen molar-refractivity contribution in [3.63, 3.8) is 0 Å². The van der Waals surface area contributed by atoms with E-state index in [1.807, 2.05) is 0 Å². The van der Waals surface area contributed by atoms with E-state index in [9.17, 15) is 13.2 Å². The van der Waals surface area contributed by atoms with E-state index in [0.29, 0.717) is 13.0 Å². The van der Waals surface area contributed by atoms with Crippen molar-refractivity contribution in [2.24, 2.45) is 11.1 Å². The Kier molecular flexibility index (Phi) is 6.99. The van der Waals surface area contributed by atoms with Crippen molar-refractivity contribution in [3.05, 3.63) is 0 Å². The van der Waals surface area contributed by atoms with E-state index in [2.05, 4.69) is 18.6 Å².